The molecule has 2 amide bonds. The highest BCUT2D eigenvalue weighted by atomic mass is 16.6. The number of carbonyl (C=O) groups excluding carboxylic acids is 1. The lowest BCUT2D eigenvalue weighted by Gasteiger charge is -2.45. The third-order valence-corrected chi connectivity index (χ3v) is 7.18. The molecule has 10 heteroatoms. The van der Waals surface area contributed by atoms with Gasteiger partial charge in [-0.15, -0.1) is 4.99 Å². The summed E-state index contributed by atoms with van der Waals surface area (Å²) < 4.78 is 11.0. The number of carboxylic acid groups (broad SMARTS) is 1. The fraction of sp³-hybridized carbons (Fsp3) is 0.656. The fourth-order valence-electron chi connectivity index (χ4n) is 4.94. The van der Waals surface area contributed by atoms with Crippen molar-refractivity contribution < 1.29 is 24.0 Å². The summed E-state index contributed by atoms with van der Waals surface area (Å²) in [5.41, 5.74) is 0.488. The number of unbranched alkanes of at least 4 members (excludes halogenated alkanes) is 7. The summed E-state index contributed by atoms with van der Waals surface area (Å²) in [6.07, 6.45) is 10.0. The molecule has 3 rings (SSSR count). The summed E-state index contributed by atoms with van der Waals surface area (Å²) >= 11 is 0. The van der Waals surface area contributed by atoms with E-state index in [1.807, 2.05) is 12.1 Å². The number of carbonyl (C=O) groups is 2. The van der Waals surface area contributed by atoms with E-state index in [2.05, 4.69) is 34.2 Å². The van der Waals surface area contributed by atoms with Crippen LogP contribution in [0, 0.1) is 0 Å². The van der Waals surface area contributed by atoms with Gasteiger partial charge in [-0.3, -0.25) is 0 Å². The lowest BCUT2D eigenvalue weighted by Crippen LogP contribution is -2.59. The quantitative estimate of drug-likeness (QED) is 0.159. The number of aromatic nitrogens is 2. The van der Waals surface area contributed by atoms with Gasteiger partial charge in [-0.05, 0) is 66.4 Å². The van der Waals surface area contributed by atoms with Crippen molar-refractivity contribution in [2.75, 3.05) is 6.54 Å². The molecule has 232 valence electrons. The van der Waals surface area contributed by atoms with E-state index in [1.165, 1.54) is 56.9 Å². The Hall–Kier alpha value is -3.43. The Morgan fingerprint density at radius 3 is 2.17 bits per heavy atom. The second-order valence-electron chi connectivity index (χ2n) is 13.1. The number of rotatable bonds is 11. The molecule has 1 aromatic carbocycles. The summed E-state index contributed by atoms with van der Waals surface area (Å²) in [5.74, 6) is 0.785. The SMILES string of the molecule is CCCCCCCCCCc1ccc(-c2noc([C@@H]3CCN3/C(=N/C(=O)OC(C)(C)C)N(C(=O)O)C(C)(C)C)n2)cc1. The minimum absolute atomic E-state index is 0.0226. The number of benzene rings is 1. The summed E-state index contributed by atoms with van der Waals surface area (Å²) in [6, 6.07) is 7.82. The van der Waals surface area contributed by atoms with Crippen molar-refractivity contribution >= 4 is 18.1 Å². The van der Waals surface area contributed by atoms with Crippen LogP contribution in [0.5, 0.6) is 0 Å². The number of ether oxygens (including phenoxy) is 1. The predicted molar refractivity (Wildman–Crippen MR) is 163 cm³/mol. The molecule has 42 heavy (non-hydrogen) atoms. The molecule has 0 spiro atoms. The normalized spacial score (nSPS) is 15.8. The first kappa shape index (κ1) is 33.1. The van der Waals surface area contributed by atoms with Crippen LogP contribution >= 0.6 is 0 Å². The first-order valence-corrected chi connectivity index (χ1v) is 15.3. The predicted octanol–water partition coefficient (Wildman–Crippen LogP) is 8.24. The molecule has 0 bridgehead atoms. The van der Waals surface area contributed by atoms with E-state index in [4.69, 9.17) is 9.26 Å². The molecule has 0 saturated carbocycles. The zero-order chi connectivity index (χ0) is 30.9. The van der Waals surface area contributed by atoms with Crippen LogP contribution in [0.15, 0.2) is 33.8 Å². The van der Waals surface area contributed by atoms with Gasteiger partial charge in [0.05, 0.1) is 0 Å². The van der Waals surface area contributed by atoms with E-state index in [0.717, 1.165) is 16.9 Å². The number of hydrogen-bond donors (Lipinski definition) is 1. The van der Waals surface area contributed by atoms with Gasteiger partial charge in [0.25, 0.3) is 0 Å². The van der Waals surface area contributed by atoms with Crippen LogP contribution in [0.4, 0.5) is 9.59 Å². The molecule has 2 heterocycles. The van der Waals surface area contributed by atoms with Gasteiger partial charge in [-0.25, -0.2) is 14.5 Å². The number of aryl methyl sites for hydroxylation is 1. The molecule has 1 N–H and O–H groups in total. The Morgan fingerprint density at radius 2 is 1.64 bits per heavy atom. The van der Waals surface area contributed by atoms with Gasteiger partial charge in [0.2, 0.25) is 17.7 Å². The Bertz CT molecular complexity index is 1190. The highest BCUT2D eigenvalue weighted by Crippen LogP contribution is 2.36. The summed E-state index contributed by atoms with van der Waals surface area (Å²) in [4.78, 5) is 36.5. The van der Waals surface area contributed by atoms with Crippen molar-refractivity contribution in [3.63, 3.8) is 0 Å². The highest BCUT2D eigenvalue weighted by molar-refractivity contribution is 5.99. The summed E-state index contributed by atoms with van der Waals surface area (Å²) in [7, 11) is 0. The fourth-order valence-corrected chi connectivity index (χ4v) is 4.94. The van der Waals surface area contributed by atoms with E-state index in [0.29, 0.717) is 24.7 Å². The second-order valence-corrected chi connectivity index (χ2v) is 13.1. The summed E-state index contributed by atoms with van der Waals surface area (Å²) in [6.45, 7) is 13.1. The van der Waals surface area contributed by atoms with E-state index in [-0.39, 0.29) is 5.96 Å². The van der Waals surface area contributed by atoms with Gasteiger partial charge >= 0.3 is 12.2 Å². The molecule has 10 nitrogen and oxygen atoms in total. The van der Waals surface area contributed by atoms with Gasteiger partial charge in [0, 0.05) is 17.6 Å². The van der Waals surface area contributed by atoms with Gasteiger partial charge < -0.3 is 19.3 Å². The van der Waals surface area contributed by atoms with Crippen LogP contribution in [-0.2, 0) is 11.2 Å². The van der Waals surface area contributed by atoms with E-state index >= 15 is 0 Å². The smallest absolute Gasteiger partial charge is 0.437 e. The Balaban J connectivity index is 1.68. The third kappa shape index (κ3) is 9.56. The van der Waals surface area contributed by atoms with Crippen LogP contribution in [0.3, 0.4) is 0 Å². The monoisotopic (exact) mass is 583 g/mol. The maximum Gasteiger partial charge on any atom is 0.437 e. The van der Waals surface area contributed by atoms with E-state index in [1.54, 1.807) is 46.4 Å². The molecule has 1 atom stereocenters. The largest absolute Gasteiger partial charge is 0.465 e. The van der Waals surface area contributed by atoms with E-state index < -0.39 is 29.4 Å². The van der Waals surface area contributed by atoms with Gasteiger partial charge in [-0.1, -0.05) is 81.3 Å². The third-order valence-electron chi connectivity index (χ3n) is 7.18. The number of hydrogen-bond acceptors (Lipinski definition) is 6. The van der Waals surface area contributed by atoms with E-state index in [9.17, 15) is 14.7 Å². The Kier molecular flexibility index (Phi) is 11.5. The highest BCUT2D eigenvalue weighted by Gasteiger charge is 2.43. The van der Waals surface area contributed by atoms with Crippen LogP contribution in [0.25, 0.3) is 11.4 Å². The van der Waals surface area contributed by atoms with Gasteiger partial charge in [0.15, 0.2) is 0 Å². The number of aliphatic imine (C=N–C) groups is 1. The first-order valence-electron chi connectivity index (χ1n) is 15.3. The second kappa shape index (κ2) is 14.6. The molecule has 0 unspecified atom stereocenters. The number of guanidine groups is 1. The Labute approximate surface area is 250 Å². The molecule has 1 aliphatic rings. The molecular weight excluding hydrogens is 534 g/mol. The number of nitrogens with zero attached hydrogens (tertiary/aromatic N) is 5. The zero-order valence-corrected chi connectivity index (χ0v) is 26.5. The van der Waals surface area contributed by atoms with Crippen LogP contribution in [-0.4, -0.2) is 60.9 Å². The maximum atomic E-state index is 12.7. The molecule has 2 aromatic rings. The van der Waals surface area contributed by atoms with Crippen molar-refractivity contribution in [3.05, 3.63) is 35.7 Å². The van der Waals surface area contributed by atoms with Crippen molar-refractivity contribution in [2.45, 2.75) is 130 Å². The maximum absolute atomic E-state index is 12.7. The average molecular weight is 584 g/mol. The van der Waals surface area contributed by atoms with Crippen molar-refractivity contribution in [1.29, 1.82) is 0 Å². The van der Waals surface area contributed by atoms with Gasteiger partial charge in [0.1, 0.15) is 11.6 Å². The average Bonchev–Trinajstić information content (AvgIpc) is 3.32. The first-order chi connectivity index (χ1) is 19.8. The van der Waals surface area contributed by atoms with Crippen LogP contribution in [0.1, 0.15) is 124 Å². The molecule has 1 fully saturated rings. The lowest BCUT2D eigenvalue weighted by atomic mass is 10.0. The van der Waals surface area contributed by atoms with Gasteiger partial charge in [-0.2, -0.15) is 4.98 Å². The van der Waals surface area contributed by atoms with Crippen LogP contribution in [0.2, 0.25) is 0 Å². The molecule has 1 aliphatic heterocycles. The topological polar surface area (TPSA) is 121 Å². The molecule has 1 aromatic heterocycles. The Morgan fingerprint density at radius 1 is 1.02 bits per heavy atom. The molecule has 1 saturated heterocycles. The lowest BCUT2D eigenvalue weighted by molar-refractivity contribution is 0.0578. The number of likely N-dealkylation sites (tertiary alicyclic amines) is 1. The minimum atomic E-state index is -1.23. The minimum Gasteiger partial charge on any atom is -0.465 e. The van der Waals surface area contributed by atoms with Crippen LogP contribution < -0.4 is 0 Å². The molecule has 0 aliphatic carbocycles. The number of amides is 2. The molecule has 0 radical (unpaired) electrons. The van der Waals surface area contributed by atoms with Crippen molar-refractivity contribution in [2.24, 2.45) is 4.99 Å². The zero-order valence-electron chi connectivity index (χ0n) is 26.5. The summed E-state index contributed by atoms with van der Waals surface area (Å²) in [5, 5.41) is 14.3. The molecular formula is C32H49N5O5. The van der Waals surface area contributed by atoms with Crippen molar-refractivity contribution in [3.8, 4) is 11.4 Å². The van der Waals surface area contributed by atoms with Crippen molar-refractivity contribution in [1.82, 2.24) is 19.9 Å². The standard InChI is InChI=1S/C32H49N5O5/c1-8-9-10-11-12-13-14-15-16-23-17-19-24(20-18-23)26-33-27(42-35-26)25-21-22-36(25)28(34-29(38)41-32(5,6)7)37(30(39)40)31(2,3)4/h17-20,25H,8-16,21-22H2,1-7H3,(H,39,40)/b34-28-/t25-/m0/s1.